The Labute approximate surface area is 265 Å². The summed E-state index contributed by atoms with van der Waals surface area (Å²) in [6.45, 7) is 2.32. The van der Waals surface area contributed by atoms with Crippen LogP contribution in [0.1, 0.15) is 16.7 Å². The normalized spacial score (nSPS) is 15.8. The number of aryl methyl sites for hydroxylation is 1. The molecule has 4 heterocycles. The topological polar surface area (TPSA) is 7.76 Å². The molecule has 0 bridgehead atoms. The molecule has 2 aliphatic rings. The molecule has 2 nitrogen and oxygen atoms in total. The van der Waals surface area contributed by atoms with Gasteiger partial charge in [0.05, 0.1) is 11.1 Å². The van der Waals surface area contributed by atoms with Crippen LogP contribution >= 0.6 is 0 Å². The number of benzene rings is 5. The average molecular weight is 593 g/mol. The quantitative estimate of drug-likeness (QED) is 0.151. The number of aromatic nitrogens is 2. The highest BCUT2D eigenvalue weighted by Crippen LogP contribution is 2.46. The maximum absolute atomic E-state index is 2.77. The summed E-state index contributed by atoms with van der Waals surface area (Å²) in [5, 5.41) is 5.56. The molecule has 3 heteroatoms. The van der Waals surface area contributed by atoms with Gasteiger partial charge >= 0.3 is 5.66 Å². The summed E-state index contributed by atoms with van der Waals surface area (Å²) in [6.07, 6.45) is 4.81. The highest BCUT2D eigenvalue weighted by atomic mass is 28.3. The zero-order chi connectivity index (χ0) is 30.0. The summed E-state index contributed by atoms with van der Waals surface area (Å²) in [6, 6.07) is 60.8. The molecular formula is C42H32N2Si+2. The number of rotatable bonds is 4. The largest absolute Gasteiger partial charge is 0.417 e. The van der Waals surface area contributed by atoms with Crippen molar-refractivity contribution in [3.8, 4) is 22.5 Å². The second-order valence-electron chi connectivity index (χ2n) is 12.2. The minimum atomic E-state index is -2.77. The summed E-state index contributed by atoms with van der Waals surface area (Å²) in [5.41, 5.74) is 8.48. The molecule has 0 amide bonds. The Morgan fingerprint density at radius 1 is 0.467 bits per heavy atom. The maximum atomic E-state index is 2.60. The van der Waals surface area contributed by atoms with Gasteiger partial charge in [-0.3, -0.25) is 0 Å². The second-order valence-corrected chi connectivity index (χ2v) is 16.0. The first-order valence-electron chi connectivity index (χ1n) is 15.7. The SMILES string of the molecule is Cc1cc2[n+](cc1[Si](c1ccccc1)(c1ccccc1)c1ccccc1)C1(c3ccccc3-c3cccc[n+]31)c1ccccc1-2. The Kier molecular flexibility index (Phi) is 5.68. The van der Waals surface area contributed by atoms with Crippen LogP contribution in [0.2, 0.25) is 0 Å². The fraction of sp³-hybridized carbons (Fsp3) is 0.0476. The summed E-state index contributed by atoms with van der Waals surface area (Å²) in [4.78, 5) is 0. The molecule has 0 fully saturated rings. The predicted octanol–water partition coefficient (Wildman–Crippen LogP) is 5.21. The number of fused-ring (bicyclic) bond motifs is 10. The molecule has 0 aliphatic carbocycles. The minimum Gasteiger partial charge on any atom is -0.126 e. The lowest BCUT2D eigenvalue weighted by atomic mass is 9.90. The molecule has 0 radical (unpaired) electrons. The fourth-order valence-electron chi connectivity index (χ4n) is 8.30. The van der Waals surface area contributed by atoms with Crippen LogP contribution in [0.3, 0.4) is 0 Å². The molecule has 1 atom stereocenters. The van der Waals surface area contributed by atoms with Gasteiger partial charge in [-0.15, -0.1) is 9.13 Å². The van der Waals surface area contributed by atoms with Crippen molar-refractivity contribution < 1.29 is 9.13 Å². The van der Waals surface area contributed by atoms with Crippen LogP contribution in [0.25, 0.3) is 22.5 Å². The van der Waals surface area contributed by atoms with Crippen molar-refractivity contribution >= 4 is 28.8 Å². The third kappa shape index (κ3) is 3.39. The van der Waals surface area contributed by atoms with E-state index in [4.69, 9.17) is 0 Å². The highest BCUT2D eigenvalue weighted by Gasteiger charge is 2.66. The van der Waals surface area contributed by atoms with Crippen molar-refractivity contribution in [1.82, 2.24) is 0 Å². The third-order valence-electron chi connectivity index (χ3n) is 10.0. The lowest BCUT2D eigenvalue weighted by Crippen LogP contribution is -2.78. The molecule has 212 valence electrons. The number of pyridine rings is 2. The van der Waals surface area contributed by atoms with Gasteiger partial charge in [0, 0.05) is 23.4 Å². The molecule has 1 spiro atoms. The van der Waals surface area contributed by atoms with Crippen molar-refractivity contribution in [3.63, 3.8) is 0 Å². The lowest BCUT2D eigenvalue weighted by molar-refractivity contribution is -0.954. The smallest absolute Gasteiger partial charge is 0.126 e. The lowest BCUT2D eigenvalue weighted by Gasteiger charge is -2.34. The summed E-state index contributed by atoms with van der Waals surface area (Å²) < 4.78 is 5.11. The molecule has 0 saturated heterocycles. The zero-order valence-corrected chi connectivity index (χ0v) is 26.1. The fourth-order valence-corrected chi connectivity index (χ4v) is 13.3. The standard InChI is InChI=1S/C42H32N2Si/c1-31-29-40-36-24-12-14-26-38(36)42(37-25-13-11-23-35(37)39-27-15-16-28-43(39)42)44(40)30-41(31)45(32-17-5-2-6-18-32,33-19-7-3-8-20-33)34-21-9-4-10-22-34/h2-30H,1H3/q+2. The van der Waals surface area contributed by atoms with Crippen LogP contribution in [0, 0.1) is 6.92 Å². The highest BCUT2D eigenvalue weighted by molar-refractivity contribution is 7.20. The van der Waals surface area contributed by atoms with Crippen molar-refractivity contribution in [2.24, 2.45) is 0 Å². The average Bonchev–Trinajstić information content (AvgIpc) is 3.57. The number of hydrogen-bond donors (Lipinski definition) is 0. The Bertz CT molecular complexity index is 2080. The molecule has 45 heavy (non-hydrogen) atoms. The van der Waals surface area contributed by atoms with E-state index in [9.17, 15) is 0 Å². The van der Waals surface area contributed by atoms with Gasteiger partial charge in [-0.05, 0) is 58.4 Å². The van der Waals surface area contributed by atoms with E-state index < -0.39 is 13.7 Å². The van der Waals surface area contributed by atoms with Gasteiger partial charge < -0.3 is 0 Å². The zero-order valence-electron chi connectivity index (χ0n) is 25.1. The van der Waals surface area contributed by atoms with Crippen LogP contribution in [0.15, 0.2) is 176 Å². The molecular weight excluding hydrogens is 561 g/mol. The molecule has 0 N–H and O–H groups in total. The van der Waals surface area contributed by atoms with E-state index >= 15 is 0 Å². The van der Waals surface area contributed by atoms with Crippen LogP contribution in [-0.4, -0.2) is 8.07 Å². The first-order chi connectivity index (χ1) is 22.3. The molecule has 7 aromatic rings. The van der Waals surface area contributed by atoms with E-state index in [-0.39, 0.29) is 0 Å². The number of hydrogen-bond acceptors (Lipinski definition) is 0. The van der Waals surface area contributed by atoms with Gasteiger partial charge in [-0.25, -0.2) is 0 Å². The van der Waals surface area contributed by atoms with Crippen LogP contribution in [0.4, 0.5) is 0 Å². The van der Waals surface area contributed by atoms with Crippen LogP contribution in [0.5, 0.6) is 0 Å². The van der Waals surface area contributed by atoms with Crippen molar-refractivity contribution in [1.29, 1.82) is 0 Å². The second kappa shape index (κ2) is 9.81. The minimum absolute atomic E-state index is 0.536. The molecule has 2 aromatic heterocycles. The Morgan fingerprint density at radius 3 is 1.49 bits per heavy atom. The molecule has 2 aliphatic heterocycles. The molecule has 1 unspecified atom stereocenters. The maximum Gasteiger partial charge on any atom is 0.417 e. The summed E-state index contributed by atoms with van der Waals surface area (Å²) in [5.74, 6) is 0. The Balaban J connectivity index is 1.46. The number of nitrogens with zero attached hydrogens (tertiary/aromatic N) is 2. The van der Waals surface area contributed by atoms with E-state index in [1.807, 2.05) is 0 Å². The van der Waals surface area contributed by atoms with E-state index in [1.54, 1.807) is 0 Å². The molecule has 5 aromatic carbocycles. The van der Waals surface area contributed by atoms with Crippen molar-refractivity contribution in [2.45, 2.75) is 12.6 Å². The van der Waals surface area contributed by atoms with E-state index in [0.717, 1.165) is 0 Å². The van der Waals surface area contributed by atoms with Gasteiger partial charge in [0.2, 0.25) is 11.4 Å². The Morgan fingerprint density at radius 2 is 0.933 bits per heavy atom. The monoisotopic (exact) mass is 592 g/mol. The van der Waals surface area contributed by atoms with Gasteiger partial charge in [-0.1, -0.05) is 115 Å². The van der Waals surface area contributed by atoms with Gasteiger partial charge in [0.25, 0.3) is 0 Å². The summed E-state index contributed by atoms with van der Waals surface area (Å²) in [7, 11) is -2.77. The van der Waals surface area contributed by atoms with E-state index in [1.165, 1.54) is 60.0 Å². The third-order valence-corrected chi connectivity index (χ3v) is 15.0. The van der Waals surface area contributed by atoms with Gasteiger partial charge in [0.15, 0.2) is 20.5 Å². The first-order valence-corrected chi connectivity index (χ1v) is 17.7. The van der Waals surface area contributed by atoms with Crippen molar-refractivity contribution in [3.05, 3.63) is 193 Å². The van der Waals surface area contributed by atoms with E-state index in [2.05, 4.69) is 192 Å². The first kappa shape index (κ1) is 26.1. The van der Waals surface area contributed by atoms with Gasteiger partial charge in [0.1, 0.15) is 11.1 Å². The summed E-state index contributed by atoms with van der Waals surface area (Å²) >= 11 is 0. The van der Waals surface area contributed by atoms with Gasteiger partial charge in [-0.2, -0.15) is 0 Å². The van der Waals surface area contributed by atoms with Crippen molar-refractivity contribution in [2.75, 3.05) is 0 Å². The predicted molar refractivity (Wildman–Crippen MR) is 184 cm³/mol. The van der Waals surface area contributed by atoms with E-state index in [0.29, 0.717) is 0 Å². The molecule has 0 saturated carbocycles. The van der Waals surface area contributed by atoms with Crippen LogP contribution in [-0.2, 0) is 5.66 Å². The van der Waals surface area contributed by atoms with Crippen LogP contribution < -0.4 is 29.9 Å². The Hall–Kier alpha value is -5.38. The molecule has 9 rings (SSSR count).